The highest BCUT2D eigenvalue weighted by molar-refractivity contribution is 6.30. The molecular formula is C22H29ClN2O4. The number of rotatable bonds is 7. The largest absolute Gasteiger partial charge is 0.466 e. The summed E-state index contributed by atoms with van der Waals surface area (Å²) in [6.07, 6.45) is 3.63. The van der Waals surface area contributed by atoms with Gasteiger partial charge in [-0.3, -0.25) is 14.4 Å². The molecule has 0 spiro atoms. The van der Waals surface area contributed by atoms with Gasteiger partial charge in [0.05, 0.1) is 12.0 Å². The molecule has 2 aliphatic rings. The number of benzene rings is 1. The third-order valence-corrected chi connectivity index (χ3v) is 6.07. The van der Waals surface area contributed by atoms with Gasteiger partial charge in [-0.1, -0.05) is 23.7 Å². The number of esters is 1. The van der Waals surface area contributed by atoms with E-state index in [-0.39, 0.29) is 17.8 Å². The van der Waals surface area contributed by atoms with Crippen molar-refractivity contribution in [3.63, 3.8) is 0 Å². The summed E-state index contributed by atoms with van der Waals surface area (Å²) in [5.74, 6) is -0.144. The van der Waals surface area contributed by atoms with Crippen LogP contribution in [0, 0.1) is 5.41 Å². The average molecular weight is 421 g/mol. The first kappa shape index (κ1) is 21.6. The fourth-order valence-corrected chi connectivity index (χ4v) is 4.59. The minimum absolute atomic E-state index is 0.0100. The van der Waals surface area contributed by atoms with Gasteiger partial charge in [0, 0.05) is 44.0 Å². The Bertz CT molecular complexity index is 769. The molecule has 0 unspecified atom stereocenters. The van der Waals surface area contributed by atoms with Crippen LogP contribution in [0.4, 0.5) is 0 Å². The van der Waals surface area contributed by atoms with E-state index in [1.165, 1.54) is 0 Å². The maximum Gasteiger partial charge on any atom is 0.314 e. The topological polar surface area (TPSA) is 66.9 Å². The zero-order chi connectivity index (χ0) is 20.9. The summed E-state index contributed by atoms with van der Waals surface area (Å²) in [6.45, 7) is 4.25. The lowest BCUT2D eigenvalue weighted by Crippen LogP contribution is -2.52. The molecule has 0 bridgehead atoms. The third-order valence-electron chi connectivity index (χ3n) is 5.84. The van der Waals surface area contributed by atoms with Gasteiger partial charge in [0.25, 0.3) is 0 Å². The minimum atomic E-state index is -0.766. The van der Waals surface area contributed by atoms with E-state index in [0.717, 1.165) is 24.9 Å². The Kier molecular flexibility index (Phi) is 7.17. The van der Waals surface area contributed by atoms with E-state index < -0.39 is 5.41 Å². The number of likely N-dealkylation sites (tertiary alicyclic amines) is 2. The summed E-state index contributed by atoms with van der Waals surface area (Å²) in [6, 6.07) is 7.49. The second-order valence-electron chi connectivity index (χ2n) is 7.96. The van der Waals surface area contributed by atoms with Crippen molar-refractivity contribution < 1.29 is 19.1 Å². The van der Waals surface area contributed by atoms with E-state index >= 15 is 0 Å². The monoisotopic (exact) mass is 420 g/mol. The maximum atomic E-state index is 12.9. The van der Waals surface area contributed by atoms with Gasteiger partial charge in [-0.15, -0.1) is 0 Å². The summed E-state index contributed by atoms with van der Waals surface area (Å²) in [5, 5.41) is 0.625. The zero-order valence-electron chi connectivity index (χ0n) is 17.0. The fraction of sp³-hybridized carbons (Fsp3) is 0.591. The van der Waals surface area contributed by atoms with Crippen LogP contribution >= 0.6 is 11.6 Å². The number of carbonyl (C=O) groups is 3. The molecule has 2 saturated heterocycles. The maximum absolute atomic E-state index is 12.9. The molecule has 2 amide bonds. The molecule has 2 fully saturated rings. The molecule has 2 heterocycles. The first-order chi connectivity index (χ1) is 13.9. The van der Waals surface area contributed by atoms with Crippen LogP contribution in [0.3, 0.4) is 0 Å². The SMILES string of the molecule is CCOC(=O)[C@@]1(Cc2cccc(Cl)c2)CCCN(C(=O)CCN2CCCC2=O)C1. The second-order valence-corrected chi connectivity index (χ2v) is 8.40. The number of carbonyl (C=O) groups excluding carboxylic acids is 3. The van der Waals surface area contributed by atoms with E-state index in [9.17, 15) is 14.4 Å². The van der Waals surface area contributed by atoms with E-state index in [1.807, 2.05) is 18.2 Å². The van der Waals surface area contributed by atoms with Gasteiger partial charge in [-0.05, 0) is 50.3 Å². The second kappa shape index (κ2) is 9.61. The van der Waals surface area contributed by atoms with Crippen molar-refractivity contribution in [3.8, 4) is 0 Å². The van der Waals surface area contributed by atoms with E-state index in [4.69, 9.17) is 16.3 Å². The van der Waals surface area contributed by atoms with Crippen LogP contribution < -0.4 is 0 Å². The number of hydrogen-bond donors (Lipinski definition) is 0. The number of nitrogens with zero attached hydrogens (tertiary/aromatic N) is 2. The molecule has 0 aromatic heterocycles. The normalized spacial score (nSPS) is 22.1. The predicted octanol–water partition coefficient (Wildman–Crippen LogP) is 3.07. The fourth-order valence-electron chi connectivity index (χ4n) is 4.38. The van der Waals surface area contributed by atoms with Crippen LogP contribution in [0.5, 0.6) is 0 Å². The molecule has 3 rings (SSSR count). The first-order valence-electron chi connectivity index (χ1n) is 10.4. The van der Waals surface area contributed by atoms with Gasteiger partial charge in [0.1, 0.15) is 0 Å². The highest BCUT2D eigenvalue weighted by Gasteiger charge is 2.44. The smallest absolute Gasteiger partial charge is 0.314 e. The average Bonchev–Trinajstić information content (AvgIpc) is 3.11. The molecule has 7 heteroatoms. The van der Waals surface area contributed by atoms with Crippen LogP contribution in [-0.2, 0) is 25.5 Å². The predicted molar refractivity (Wildman–Crippen MR) is 110 cm³/mol. The van der Waals surface area contributed by atoms with Gasteiger partial charge in [0.2, 0.25) is 11.8 Å². The van der Waals surface area contributed by atoms with Crippen molar-refractivity contribution in [2.24, 2.45) is 5.41 Å². The highest BCUT2D eigenvalue weighted by atomic mass is 35.5. The Hall–Kier alpha value is -2.08. The van der Waals surface area contributed by atoms with Gasteiger partial charge in [-0.25, -0.2) is 0 Å². The quantitative estimate of drug-likeness (QED) is 0.636. The molecule has 2 aliphatic heterocycles. The summed E-state index contributed by atoms with van der Waals surface area (Å²) < 4.78 is 5.41. The molecule has 1 aromatic rings. The van der Waals surface area contributed by atoms with Gasteiger partial charge >= 0.3 is 5.97 Å². The molecule has 0 aliphatic carbocycles. The number of piperidine rings is 1. The van der Waals surface area contributed by atoms with Crippen molar-refractivity contribution in [2.75, 3.05) is 32.8 Å². The Labute approximate surface area is 177 Å². The number of halogens is 1. The van der Waals surface area contributed by atoms with Gasteiger partial charge in [0.15, 0.2) is 0 Å². The Balaban J connectivity index is 1.71. The summed E-state index contributed by atoms with van der Waals surface area (Å²) in [4.78, 5) is 41.1. The van der Waals surface area contributed by atoms with Crippen LogP contribution in [0.15, 0.2) is 24.3 Å². The van der Waals surface area contributed by atoms with Crippen molar-refractivity contribution in [1.82, 2.24) is 9.80 Å². The Morgan fingerprint density at radius 3 is 2.76 bits per heavy atom. The Morgan fingerprint density at radius 2 is 2.07 bits per heavy atom. The molecule has 0 saturated carbocycles. The lowest BCUT2D eigenvalue weighted by atomic mass is 9.75. The van der Waals surface area contributed by atoms with Crippen LogP contribution in [-0.4, -0.2) is 60.4 Å². The number of amides is 2. The lowest BCUT2D eigenvalue weighted by Gasteiger charge is -2.41. The van der Waals surface area contributed by atoms with E-state index in [2.05, 4.69) is 0 Å². The summed E-state index contributed by atoms with van der Waals surface area (Å²) >= 11 is 6.13. The van der Waals surface area contributed by atoms with Crippen LogP contribution in [0.1, 0.15) is 44.6 Å². The number of ether oxygens (including phenoxy) is 1. The van der Waals surface area contributed by atoms with Crippen LogP contribution in [0.2, 0.25) is 5.02 Å². The van der Waals surface area contributed by atoms with Crippen molar-refractivity contribution >= 4 is 29.4 Å². The highest BCUT2D eigenvalue weighted by Crippen LogP contribution is 2.36. The van der Waals surface area contributed by atoms with Crippen molar-refractivity contribution in [1.29, 1.82) is 0 Å². The molecule has 1 atom stereocenters. The standard InChI is InChI=1S/C22H29ClN2O4/c1-2-29-21(28)22(15-17-6-3-7-18(23)14-17)10-5-12-25(16-22)20(27)9-13-24-11-4-8-19(24)26/h3,6-7,14H,2,4-5,8-13,15-16H2,1H3/t22-/m1/s1. The van der Waals surface area contributed by atoms with Crippen molar-refractivity contribution in [2.45, 2.75) is 45.4 Å². The van der Waals surface area contributed by atoms with Gasteiger partial charge in [-0.2, -0.15) is 0 Å². The zero-order valence-corrected chi connectivity index (χ0v) is 17.7. The molecular weight excluding hydrogens is 392 g/mol. The van der Waals surface area contributed by atoms with Crippen LogP contribution in [0.25, 0.3) is 0 Å². The summed E-state index contributed by atoms with van der Waals surface area (Å²) in [7, 11) is 0. The molecule has 6 nitrogen and oxygen atoms in total. The first-order valence-corrected chi connectivity index (χ1v) is 10.8. The van der Waals surface area contributed by atoms with Gasteiger partial charge < -0.3 is 14.5 Å². The third kappa shape index (κ3) is 5.30. The van der Waals surface area contributed by atoms with E-state index in [0.29, 0.717) is 56.9 Å². The molecule has 29 heavy (non-hydrogen) atoms. The molecule has 0 N–H and O–H groups in total. The molecule has 1 aromatic carbocycles. The minimum Gasteiger partial charge on any atom is -0.466 e. The molecule has 158 valence electrons. The Morgan fingerprint density at radius 1 is 1.24 bits per heavy atom. The summed E-state index contributed by atoms with van der Waals surface area (Å²) in [5.41, 5.74) is 0.195. The van der Waals surface area contributed by atoms with Crippen molar-refractivity contribution in [3.05, 3.63) is 34.9 Å². The number of hydrogen-bond acceptors (Lipinski definition) is 4. The lowest BCUT2D eigenvalue weighted by molar-refractivity contribution is -0.160. The van der Waals surface area contributed by atoms with E-state index in [1.54, 1.807) is 22.8 Å². The molecule has 0 radical (unpaired) electrons.